The smallest absolute Gasteiger partial charge is 0.320 e. The zero-order chi connectivity index (χ0) is 13.3. The molecule has 4 nitrogen and oxygen atoms in total. The van der Waals surface area contributed by atoms with Crippen LogP contribution in [0.2, 0.25) is 6.82 Å². The molecule has 0 spiro atoms. The Morgan fingerprint density at radius 1 is 1.38 bits per heavy atom. The molecule has 1 heterocycles. The number of rotatable bonds is 0. The van der Waals surface area contributed by atoms with Gasteiger partial charge in [0.15, 0.2) is 17.3 Å². The van der Waals surface area contributed by atoms with Crippen LogP contribution in [0.5, 0.6) is 0 Å². The molecule has 0 aliphatic rings. The summed E-state index contributed by atoms with van der Waals surface area (Å²) < 4.78 is 24.5. The van der Waals surface area contributed by atoms with Gasteiger partial charge in [0.1, 0.15) is 6.07 Å². The van der Waals surface area contributed by atoms with Crippen LogP contribution in [0, 0.1) is 23.0 Å². The summed E-state index contributed by atoms with van der Waals surface area (Å²) in [5.41, 5.74) is -2.37. The summed E-state index contributed by atoms with van der Waals surface area (Å²) in [6, 6.07) is 1.45. The number of aromatic nitrogens is 1. The lowest BCUT2D eigenvalue weighted by Gasteiger charge is -1.98. The van der Waals surface area contributed by atoms with Crippen molar-refractivity contribution in [3.63, 3.8) is 0 Å². The minimum atomic E-state index is -1.45. The topological polar surface area (TPSA) is 66.0 Å². The van der Waals surface area contributed by atoms with Gasteiger partial charge in [-0.2, -0.15) is 5.26 Å². The van der Waals surface area contributed by atoms with Crippen LogP contribution in [-0.2, 0) is 0 Å². The highest BCUT2D eigenvalue weighted by atomic mass is 19.1. The molecule has 0 aliphatic heterocycles. The summed E-state index contributed by atoms with van der Waals surface area (Å²) in [5, 5.41) is 16.8. The zero-order valence-corrected chi connectivity index (χ0v) is 9.16. The van der Waals surface area contributed by atoms with E-state index in [2.05, 4.69) is 7.85 Å². The molecule has 0 atom stereocenters. The molecule has 0 fully saturated rings. The van der Waals surface area contributed by atoms with Crippen LogP contribution in [-0.4, -0.2) is 17.8 Å². The van der Waals surface area contributed by atoms with Crippen molar-refractivity contribution in [2.45, 2.75) is 20.7 Å². The highest BCUT2D eigenvalue weighted by Gasteiger charge is 2.13. The van der Waals surface area contributed by atoms with Gasteiger partial charge in [-0.05, 0) is 0 Å². The Kier molecular flexibility index (Phi) is 8.78. The van der Waals surface area contributed by atoms with Crippen molar-refractivity contribution in [1.82, 2.24) is 4.73 Å². The Balaban J connectivity index is 0. The van der Waals surface area contributed by atoms with Gasteiger partial charge in [0, 0.05) is 6.07 Å². The third-order valence-corrected chi connectivity index (χ3v) is 1.19. The molecule has 86 valence electrons. The SMILES string of the molecule is CC.N#Cc1c(F)cc(F)c(=O)n1O.[B]C. The first kappa shape index (κ1) is 16.6. The lowest BCUT2D eigenvalue weighted by Crippen LogP contribution is -2.24. The Labute approximate surface area is 93.1 Å². The average molecular weight is 228 g/mol. The zero-order valence-electron chi connectivity index (χ0n) is 9.16. The quantitative estimate of drug-likeness (QED) is 0.540. The van der Waals surface area contributed by atoms with E-state index >= 15 is 0 Å². The minimum Gasteiger partial charge on any atom is -0.424 e. The van der Waals surface area contributed by atoms with Gasteiger partial charge in [-0.1, -0.05) is 20.7 Å². The van der Waals surface area contributed by atoms with Crippen molar-refractivity contribution in [3.05, 3.63) is 33.7 Å². The molecule has 0 saturated heterocycles. The van der Waals surface area contributed by atoms with Crippen LogP contribution in [0.1, 0.15) is 19.5 Å². The standard InChI is InChI=1S/C6H2F2N2O2.C2H6.CH3B/c7-3-1-4(8)6(11)10(12)5(3)2-9;2*1-2/h1,12H;1-2H3;1H3. The largest absolute Gasteiger partial charge is 0.424 e. The fourth-order valence-corrected chi connectivity index (χ4v) is 0.646. The third kappa shape index (κ3) is 3.73. The maximum absolute atomic E-state index is 12.5. The second kappa shape index (κ2) is 8.47. The normalized spacial score (nSPS) is 7.75. The maximum Gasteiger partial charge on any atom is 0.320 e. The van der Waals surface area contributed by atoms with Gasteiger partial charge in [-0.25, -0.2) is 8.78 Å². The molecule has 16 heavy (non-hydrogen) atoms. The molecular weight excluding hydrogens is 217 g/mol. The number of hydrogen-bond acceptors (Lipinski definition) is 3. The Morgan fingerprint density at radius 3 is 2.19 bits per heavy atom. The molecule has 1 aromatic rings. The second-order valence-electron chi connectivity index (χ2n) is 1.92. The Bertz CT molecular complexity index is 427. The lowest BCUT2D eigenvalue weighted by atomic mass is 10.2. The van der Waals surface area contributed by atoms with Crippen molar-refractivity contribution in [2.24, 2.45) is 0 Å². The number of hydrogen-bond donors (Lipinski definition) is 1. The predicted molar refractivity (Wildman–Crippen MR) is 55.5 cm³/mol. The molecule has 0 aromatic carbocycles. The van der Waals surface area contributed by atoms with Crippen molar-refractivity contribution < 1.29 is 14.0 Å². The first-order valence-electron chi connectivity index (χ1n) is 4.36. The fourth-order valence-electron chi connectivity index (χ4n) is 0.646. The van der Waals surface area contributed by atoms with Gasteiger partial charge in [0.2, 0.25) is 0 Å². The van der Waals surface area contributed by atoms with Gasteiger partial charge in [-0.15, -0.1) is 4.73 Å². The number of pyridine rings is 1. The first-order chi connectivity index (χ1) is 7.57. The molecule has 0 aliphatic carbocycles. The monoisotopic (exact) mass is 228 g/mol. The highest BCUT2D eigenvalue weighted by molar-refractivity contribution is 6.05. The Hall–Kier alpha value is -1.84. The van der Waals surface area contributed by atoms with Crippen LogP contribution in [0.15, 0.2) is 10.9 Å². The predicted octanol–water partition coefficient (Wildman–Crippen LogP) is 1.46. The summed E-state index contributed by atoms with van der Waals surface area (Å²) >= 11 is 0. The molecule has 1 N–H and O–H groups in total. The van der Waals surface area contributed by atoms with E-state index in [1.54, 1.807) is 0 Å². The minimum absolute atomic E-state index is 0.244. The van der Waals surface area contributed by atoms with Crippen LogP contribution >= 0.6 is 0 Å². The summed E-state index contributed by atoms with van der Waals surface area (Å²) in [5.74, 6) is -2.73. The number of nitriles is 1. The van der Waals surface area contributed by atoms with E-state index in [4.69, 9.17) is 10.5 Å². The van der Waals surface area contributed by atoms with E-state index in [-0.39, 0.29) is 10.8 Å². The molecule has 1 rings (SSSR count). The Morgan fingerprint density at radius 2 is 1.81 bits per heavy atom. The lowest BCUT2D eigenvalue weighted by molar-refractivity contribution is 0.162. The van der Waals surface area contributed by atoms with E-state index in [0.717, 1.165) is 0 Å². The molecule has 0 saturated carbocycles. The molecule has 1 aromatic heterocycles. The van der Waals surface area contributed by atoms with E-state index in [1.165, 1.54) is 12.9 Å². The van der Waals surface area contributed by atoms with E-state index in [1.807, 2.05) is 13.8 Å². The first-order valence-corrected chi connectivity index (χ1v) is 4.36. The number of nitrogens with zero attached hydrogens (tertiary/aromatic N) is 2. The third-order valence-electron chi connectivity index (χ3n) is 1.19. The van der Waals surface area contributed by atoms with Crippen molar-refractivity contribution in [2.75, 3.05) is 0 Å². The van der Waals surface area contributed by atoms with Gasteiger partial charge in [0.25, 0.3) is 0 Å². The van der Waals surface area contributed by atoms with Crippen molar-refractivity contribution in [3.8, 4) is 6.07 Å². The second-order valence-corrected chi connectivity index (χ2v) is 1.92. The van der Waals surface area contributed by atoms with E-state index < -0.39 is 22.9 Å². The number of halogens is 2. The molecular formula is C9H11BF2N2O2. The molecule has 0 bridgehead atoms. The van der Waals surface area contributed by atoms with Crippen molar-refractivity contribution in [1.29, 1.82) is 5.26 Å². The summed E-state index contributed by atoms with van der Waals surface area (Å²) in [4.78, 5) is 10.5. The van der Waals surface area contributed by atoms with Crippen LogP contribution < -0.4 is 5.56 Å². The van der Waals surface area contributed by atoms with Crippen LogP contribution in [0.3, 0.4) is 0 Å². The van der Waals surface area contributed by atoms with Crippen LogP contribution in [0.25, 0.3) is 0 Å². The van der Waals surface area contributed by atoms with Gasteiger partial charge in [0.05, 0.1) is 7.85 Å². The van der Waals surface area contributed by atoms with Crippen LogP contribution in [0.4, 0.5) is 8.78 Å². The molecule has 2 radical (unpaired) electrons. The van der Waals surface area contributed by atoms with Gasteiger partial charge in [-0.3, -0.25) is 4.79 Å². The summed E-state index contributed by atoms with van der Waals surface area (Å²) in [6.45, 7) is 5.50. The maximum atomic E-state index is 12.5. The van der Waals surface area contributed by atoms with E-state index in [9.17, 15) is 13.6 Å². The van der Waals surface area contributed by atoms with Crippen molar-refractivity contribution >= 4 is 7.85 Å². The summed E-state index contributed by atoms with van der Waals surface area (Å²) in [7, 11) is 4.50. The van der Waals surface area contributed by atoms with E-state index in [0.29, 0.717) is 0 Å². The molecule has 0 amide bonds. The fraction of sp³-hybridized carbons (Fsp3) is 0.333. The summed E-state index contributed by atoms with van der Waals surface area (Å²) in [6.07, 6.45) is 0. The van der Waals surface area contributed by atoms with Gasteiger partial charge < -0.3 is 5.21 Å². The van der Waals surface area contributed by atoms with Gasteiger partial charge >= 0.3 is 5.56 Å². The molecule has 0 unspecified atom stereocenters. The highest BCUT2D eigenvalue weighted by Crippen LogP contribution is 2.02. The molecule has 7 heteroatoms. The average Bonchev–Trinajstić information content (AvgIpc) is 2.32.